The first-order chi connectivity index (χ1) is 52.7. The number of para-hydroxylation sites is 2. The Morgan fingerprint density at radius 3 is 1.35 bits per heavy atom. The molecular weight excluding hydrogens is 1450 g/mol. The van der Waals surface area contributed by atoms with E-state index in [4.69, 9.17) is 30.0 Å². The van der Waals surface area contributed by atoms with Gasteiger partial charge < -0.3 is 73.4 Å². The first kappa shape index (κ1) is 90.3. The quantitative estimate of drug-likeness (QED) is 0.0211. The van der Waals surface area contributed by atoms with E-state index >= 15 is 0 Å². The van der Waals surface area contributed by atoms with Crippen molar-refractivity contribution in [1.82, 2.24) is 36.7 Å². The van der Waals surface area contributed by atoms with Gasteiger partial charge in [-0.1, -0.05) is 102 Å². The van der Waals surface area contributed by atoms with Crippen molar-refractivity contribution in [2.24, 2.45) is 63.9 Å². The zero-order valence-electron chi connectivity index (χ0n) is 69.4. The Kier molecular flexibility index (Phi) is 30.7. The van der Waals surface area contributed by atoms with Gasteiger partial charge in [0, 0.05) is 145 Å². The SMILES string of the molecule is CNC(=O)c1cc(-c2cccc(CN3O[C@@H](CN)[C@@H]([C@H](C)O)[C@H]3C(=O)N[C@H]3C[C@H]4C[C@@H]([C@@H]3C)C4(C)C)c2OC)cc(N(C)C)c1.CNC(=O)c1cc(-c2cccc(CN3O[C@@H](CNCc4ccc(C(=O)O)cc4)[C@@H]([C@H](C)O)[C@H]3C(=O)N[C@H]3C[C@H]4C[C@@H]([C@@H]3C)C4(C)C)c2OC)cc(N(C)C)c1.O=Cc1ccc(C(=O)O)cc1.[B].[H-].[Na+]. The number of hydrogen-bond donors (Lipinski definition) is 10. The Morgan fingerprint density at radius 1 is 0.602 bits per heavy atom. The minimum Gasteiger partial charge on any atom is -1.00 e. The number of aliphatic hydroxyl groups excluding tert-OH is 2. The van der Waals surface area contributed by atoms with Gasteiger partial charge in [-0.2, -0.15) is 10.1 Å². The predicted octanol–water partition coefficient (Wildman–Crippen LogP) is 6.29. The summed E-state index contributed by atoms with van der Waals surface area (Å²) >= 11 is 0. The van der Waals surface area contributed by atoms with Crippen LogP contribution in [0.2, 0.25) is 0 Å². The maximum absolute atomic E-state index is 14.6. The Morgan fingerprint density at radius 2 is 1.00 bits per heavy atom. The molecule has 25 nitrogen and oxygen atoms in total. The van der Waals surface area contributed by atoms with Crippen LogP contribution in [0.4, 0.5) is 11.4 Å². The Hall–Kier alpha value is -8.25. The number of rotatable bonds is 26. The van der Waals surface area contributed by atoms with Crippen LogP contribution in [0.1, 0.15) is 151 Å². The van der Waals surface area contributed by atoms with E-state index in [1.165, 1.54) is 37.1 Å². The van der Waals surface area contributed by atoms with Crippen LogP contribution in [-0.4, -0.2) is 199 Å². The van der Waals surface area contributed by atoms with E-state index in [1.54, 1.807) is 76.6 Å². The van der Waals surface area contributed by atoms with Gasteiger partial charge in [-0.3, -0.25) is 33.6 Å². The molecule has 8 fully saturated rings. The van der Waals surface area contributed by atoms with Gasteiger partial charge in [-0.05, 0) is 163 Å². The van der Waals surface area contributed by atoms with Gasteiger partial charge in [0.25, 0.3) is 11.8 Å². The number of aliphatic hydroxyl groups is 2. The molecule has 27 heteroatoms. The summed E-state index contributed by atoms with van der Waals surface area (Å²) in [5.74, 6) is 0.477. The number of carboxylic acids is 2. The van der Waals surface area contributed by atoms with E-state index in [0.717, 1.165) is 63.2 Å². The molecule has 0 spiro atoms. The number of carboxylic acid groups (broad SMARTS) is 2. The van der Waals surface area contributed by atoms with Crippen molar-refractivity contribution in [3.8, 4) is 33.8 Å². The number of aromatic carboxylic acids is 2. The van der Waals surface area contributed by atoms with Crippen LogP contribution in [0.5, 0.6) is 11.5 Å². The fourth-order valence-corrected chi connectivity index (χ4v) is 18.2. The number of hydroxylamine groups is 4. The average Bonchev–Trinajstić information content (AvgIpc) is 0.806. The summed E-state index contributed by atoms with van der Waals surface area (Å²) in [7, 11) is 14.2. The fraction of sp³-hybridized carbons (Fsp3) is 0.500. The number of amides is 4. The predicted molar refractivity (Wildman–Crippen MR) is 433 cm³/mol. The molecule has 4 amide bonds. The second kappa shape index (κ2) is 38.5. The largest absolute Gasteiger partial charge is 1.00 e. The Labute approximate surface area is 690 Å². The molecule has 14 rings (SSSR count). The fourth-order valence-electron chi connectivity index (χ4n) is 18.2. The molecule has 0 aromatic heterocycles. The summed E-state index contributed by atoms with van der Waals surface area (Å²) in [6.45, 7) is 18.7. The monoisotopic (exact) mass is 1560 g/mol. The minimum atomic E-state index is -0.984. The normalized spacial score (nSPS) is 25.3. The molecule has 2 heterocycles. The first-order valence-electron chi connectivity index (χ1n) is 38.5. The molecular formula is C86H115BN10NaO15. The summed E-state index contributed by atoms with van der Waals surface area (Å²) in [6, 6.07) is 34.0. The summed E-state index contributed by atoms with van der Waals surface area (Å²) in [4.78, 5) is 103. The number of anilines is 2. The molecule has 16 atom stereocenters. The third kappa shape index (κ3) is 19.7. The number of ether oxygens (including phenoxy) is 2. The van der Waals surface area contributed by atoms with Gasteiger partial charge >= 0.3 is 41.5 Å². The van der Waals surface area contributed by atoms with E-state index in [0.29, 0.717) is 88.5 Å². The van der Waals surface area contributed by atoms with Crippen LogP contribution in [-0.2, 0) is 38.9 Å². The van der Waals surface area contributed by atoms with Crippen molar-refractivity contribution in [2.45, 2.75) is 149 Å². The van der Waals surface area contributed by atoms with Crippen molar-refractivity contribution in [3.63, 3.8) is 0 Å². The molecule has 2 saturated heterocycles. The van der Waals surface area contributed by atoms with Crippen molar-refractivity contribution in [2.75, 3.05) is 79.4 Å². The van der Waals surface area contributed by atoms with Crippen LogP contribution in [0.3, 0.4) is 0 Å². The number of hydrogen-bond acceptors (Lipinski definition) is 19. The number of carbonyl (C=O) groups is 7. The van der Waals surface area contributed by atoms with Crippen LogP contribution >= 0.6 is 0 Å². The molecule has 6 aromatic rings. The number of nitrogens with two attached hydrogens (primary N) is 1. The maximum Gasteiger partial charge on any atom is 1.00 e. The molecule has 4 bridgehead atoms. The molecule has 2 aliphatic heterocycles. The van der Waals surface area contributed by atoms with E-state index in [1.807, 2.05) is 111 Å². The summed E-state index contributed by atoms with van der Waals surface area (Å²) in [5, 5.41) is 59.0. The number of nitrogens with one attached hydrogen (secondary N) is 5. The summed E-state index contributed by atoms with van der Waals surface area (Å²) in [6.07, 6.45) is 2.24. The second-order valence-corrected chi connectivity index (χ2v) is 32.5. The maximum atomic E-state index is 14.6. The molecule has 11 N–H and O–H groups in total. The van der Waals surface area contributed by atoms with Crippen molar-refractivity contribution in [3.05, 3.63) is 166 Å². The van der Waals surface area contributed by atoms with Gasteiger partial charge in [-0.25, -0.2) is 9.59 Å². The molecule has 6 aliphatic carbocycles. The first-order valence-corrected chi connectivity index (χ1v) is 38.5. The number of fused-ring (bicyclic) bond motifs is 4. The van der Waals surface area contributed by atoms with E-state index < -0.39 is 60.3 Å². The Bertz CT molecular complexity index is 4340. The molecule has 6 saturated carbocycles. The van der Waals surface area contributed by atoms with Crippen molar-refractivity contribution in [1.29, 1.82) is 0 Å². The smallest absolute Gasteiger partial charge is 1.00 e. The molecule has 3 radical (unpaired) electrons. The van der Waals surface area contributed by atoms with Crippen LogP contribution < -0.4 is 81.1 Å². The van der Waals surface area contributed by atoms with E-state index in [-0.39, 0.29) is 111 Å². The van der Waals surface area contributed by atoms with E-state index in [9.17, 15) is 48.9 Å². The minimum absolute atomic E-state index is 0. The van der Waals surface area contributed by atoms with Gasteiger partial charge in [0.2, 0.25) is 11.8 Å². The molecule has 8 aliphatic rings. The van der Waals surface area contributed by atoms with Gasteiger partial charge in [0.15, 0.2) is 0 Å². The second-order valence-electron chi connectivity index (χ2n) is 32.5. The summed E-state index contributed by atoms with van der Waals surface area (Å²) in [5.41, 5.74) is 16.1. The number of carbonyl (C=O) groups excluding carboxylic acids is 5. The van der Waals surface area contributed by atoms with Crippen LogP contribution in [0, 0.1) is 58.2 Å². The number of methoxy groups -OCH3 is 2. The zero-order valence-corrected chi connectivity index (χ0v) is 70.4. The topological polar surface area (TPSA) is 336 Å². The number of benzene rings is 6. The number of nitrogens with zero attached hydrogens (tertiary/aromatic N) is 4. The van der Waals surface area contributed by atoms with Crippen LogP contribution in [0.25, 0.3) is 22.3 Å². The third-order valence-corrected chi connectivity index (χ3v) is 24.9. The van der Waals surface area contributed by atoms with Gasteiger partial charge in [0.1, 0.15) is 29.9 Å². The number of aldehydes is 1. The summed E-state index contributed by atoms with van der Waals surface area (Å²) < 4.78 is 12.1. The average molecular weight is 1560 g/mol. The van der Waals surface area contributed by atoms with Crippen molar-refractivity contribution >= 4 is 61.6 Å². The zero-order chi connectivity index (χ0) is 80.8. The van der Waals surface area contributed by atoms with Crippen molar-refractivity contribution < 1.29 is 104 Å². The standard InChI is InChI=1S/C43H57N5O7.C35H51N5O5.C8H6O3.B.Na.H/c1-24-34-19-31(43(34,3)4)20-35(24)46-41(51)38-37(25(2)49)36(22-45-21-26-12-14-27(15-13-26)42(52)53)55-48(38)23-28-10-9-11-33(39(28)54-8)29-16-30(40(50)44-5)18-32(17-29)47(6)7;1-19-27-15-24(35(27,3)4)16-28(19)38-34(43)31-30(20(2)41)29(17-36)45-40(31)18-21-10-9-11-26(32(21)44-8)22-12-23(33(42)37-5)14-25(13-22)39(6)7;9-5-6-1-3-7(4-2-6)8(10)11;;;/h9-18,24-25,31,34-38,45,49H,19-23H2,1-8H3,(H,44,50)(H,46,51)(H,52,53);9-14,19-20,24,27-31,41H,15-18,36H2,1-8H3,(H,37,42)(H,38,43);1-5H,(H,10,11);;;/q;;;;+1;-1/t24-,25-,31+,34-,35-,36-,37+,38-;19-,20-,24+,27-,28-,29-,30+,31-;;;;/m00..../s1. The molecule has 0 unspecified atom stereocenters. The molecule has 113 heavy (non-hydrogen) atoms. The van der Waals surface area contributed by atoms with Gasteiger partial charge in [-0.15, -0.1) is 0 Å². The third-order valence-electron chi connectivity index (χ3n) is 24.9. The van der Waals surface area contributed by atoms with Crippen LogP contribution in [0.15, 0.2) is 121 Å². The van der Waals surface area contributed by atoms with Gasteiger partial charge in [0.05, 0.1) is 62.9 Å². The molecule has 6 aromatic carbocycles. The molecule has 603 valence electrons. The van der Waals surface area contributed by atoms with E-state index in [2.05, 4.69) is 68.1 Å². The Balaban J connectivity index is 0.000000275.